The van der Waals surface area contributed by atoms with E-state index in [1.54, 1.807) is 13.3 Å². The number of hydrogen-bond donors (Lipinski definition) is 1. The summed E-state index contributed by atoms with van der Waals surface area (Å²) in [6, 6.07) is 29.4. The van der Waals surface area contributed by atoms with Crippen LogP contribution in [0.1, 0.15) is 29.0 Å². The van der Waals surface area contributed by atoms with E-state index in [0.29, 0.717) is 35.5 Å². The molecule has 4 nitrogen and oxygen atoms in total. The minimum atomic E-state index is -1.39. The molecule has 2 atom stereocenters. The Morgan fingerprint density at radius 1 is 0.850 bits per heavy atom. The monoisotopic (exact) mass is 538 g/mol. The predicted octanol–water partition coefficient (Wildman–Crippen LogP) is 7.16. The Morgan fingerprint density at radius 3 is 2.30 bits per heavy atom. The zero-order valence-corrected chi connectivity index (χ0v) is 22.8. The van der Waals surface area contributed by atoms with Crippen molar-refractivity contribution in [3.8, 4) is 17.0 Å². The Kier molecular flexibility index (Phi) is 7.92. The van der Waals surface area contributed by atoms with E-state index in [9.17, 15) is 13.9 Å². The summed E-state index contributed by atoms with van der Waals surface area (Å²) < 4.78 is 33.7. The molecule has 1 aromatic heterocycles. The van der Waals surface area contributed by atoms with Gasteiger partial charge in [-0.15, -0.1) is 0 Å². The lowest BCUT2D eigenvalue weighted by Crippen LogP contribution is -2.38. The number of methoxy groups -OCH3 is 1. The number of benzene rings is 4. The summed E-state index contributed by atoms with van der Waals surface area (Å²) in [5, 5.41) is 15.0. The first-order valence-electron chi connectivity index (χ1n) is 13.2. The maximum absolute atomic E-state index is 14.2. The smallest absolute Gasteiger partial charge is 0.217 e. The molecule has 204 valence electrons. The van der Waals surface area contributed by atoms with Crippen molar-refractivity contribution in [3.63, 3.8) is 0 Å². The molecule has 40 heavy (non-hydrogen) atoms. The third-order valence-electron chi connectivity index (χ3n) is 7.44. The summed E-state index contributed by atoms with van der Waals surface area (Å²) in [5.74, 6) is -2.11. The quantitative estimate of drug-likeness (QED) is 0.216. The summed E-state index contributed by atoms with van der Waals surface area (Å²) in [5.41, 5.74) is 1.98. The standard InChI is InChI=1S/C34H32F2N2O2/c1-38(2)19-18-34(39,29-15-9-13-23-10-7-8-14-27(23)29)32(24-11-5-4-6-12-24)28-20-26(22-37-33(28)40-3)25-16-17-30(35)31(36)21-25/h4-17,20-22,32,39H,18-19H2,1-3H3. The van der Waals surface area contributed by atoms with E-state index in [-0.39, 0.29) is 0 Å². The molecular weight excluding hydrogens is 506 g/mol. The SMILES string of the molecule is COc1ncc(-c2ccc(F)c(F)c2)cc1C(c1ccccc1)C(O)(CCN(C)C)c1cccc2ccccc12. The molecule has 0 radical (unpaired) electrons. The van der Waals surface area contributed by atoms with E-state index in [1.807, 2.05) is 97.9 Å². The van der Waals surface area contributed by atoms with Gasteiger partial charge in [0.1, 0.15) is 5.60 Å². The Bertz CT molecular complexity index is 1620. The summed E-state index contributed by atoms with van der Waals surface area (Å²) in [7, 11) is 5.50. The highest BCUT2D eigenvalue weighted by molar-refractivity contribution is 5.86. The predicted molar refractivity (Wildman–Crippen MR) is 155 cm³/mol. The van der Waals surface area contributed by atoms with Crippen molar-refractivity contribution in [2.24, 2.45) is 0 Å². The highest BCUT2D eigenvalue weighted by Gasteiger charge is 2.43. The van der Waals surface area contributed by atoms with Gasteiger partial charge in [0.2, 0.25) is 5.88 Å². The molecule has 4 aromatic carbocycles. The van der Waals surface area contributed by atoms with E-state index in [4.69, 9.17) is 4.74 Å². The third-order valence-corrected chi connectivity index (χ3v) is 7.44. The Morgan fingerprint density at radius 2 is 1.57 bits per heavy atom. The molecule has 5 rings (SSSR count). The van der Waals surface area contributed by atoms with Crippen molar-refractivity contribution < 1.29 is 18.6 Å². The molecule has 0 aliphatic rings. The van der Waals surface area contributed by atoms with Crippen LogP contribution in [0.15, 0.2) is 103 Å². The molecule has 0 aliphatic heterocycles. The van der Waals surface area contributed by atoms with Gasteiger partial charge in [0.05, 0.1) is 7.11 Å². The molecule has 0 bridgehead atoms. The fourth-order valence-corrected chi connectivity index (χ4v) is 5.47. The van der Waals surface area contributed by atoms with Crippen LogP contribution in [0, 0.1) is 11.6 Å². The molecule has 0 saturated heterocycles. The second-order valence-corrected chi connectivity index (χ2v) is 10.3. The fourth-order valence-electron chi connectivity index (χ4n) is 5.47. The van der Waals surface area contributed by atoms with Crippen molar-refractivity contribution >= 4 is 10.8 Å². The van der Waals surface area contributed by atoms with Crippen LogP contribution in [-0.2, 0) is 5.60 Å². The van der Waals surface area contributed by atoms with Gasteiger partial charge in [0.25, 0.3) is 0 Å². The van der Waals surface area contributed by atoms with Gasteiger partial charge < -0.3 is 14.7 Å². The average Bonchev–Trinajstić information content (AvgIpc) is 2.98. The summed E-state index contributed by atoms with van der Waals surface area (Å²) in [6.07, 6.45) is 1.99. The number of nitrogens with zero attached hydrogens (tertiary/aromatic N) is 2. The maximum atomic E-state index is 14.2. The van der Waals surface area contributed by atoms with Crippen LogP contribution < -0.4 is 4.74 Å². The Labute approximate surface area is 233 Å². The van der Waals surface area contributed by atoms with Gasteiger partial charge in [-0.1, -0.05) is 78.9 Å². The highest BCUT2D eigenvalue weighted by atomic mass is 19.2. The lowest BCUT2D eigenvalue weighted by molar-refractivity contribution is 0.00517. The number of aliphatic hydroxyl groups is 1. The topological polar surface area (TPSA) is 45.6 Å². The van der Waals surface area contributed by atoms with Gasteiger partial charge >= 0.3 is 0 Å². The number of fused-ring (bicyclic) bond motifs is 1. The number of aromatic nitrogens is 1. The molecule has 5 aromatic rings. The van der Waals surface area contributed by atoms with Crippen molar-refractivity contribution in [1.29, 1.82) is 0 Å². The van der Waals surface area contributed by atoms with Crippen molar-refractivity contribution in [2.75, 3.05) is 27.7 Å². The third kappa shape index (κ3) is 5.33. The van der Waals surface area contributed by atoms with E-state index < -0.39 is 23.2 Å². The zero-order valence-electron chi connectivity index (χ0n) is 22.8. The first-order valence-corrected chi connectivity index (χ1v) is 13.2. The van der Waals surface area contributed by atoms with Gasteiger partial charge in [-0.3, -0.25) is 0 Å². The van der Waals surface area contributed by atoms with Gasteiger partial charge in [0.15, 0.2) is 11.6 Å². The number of rotatable bonds is 9. The zero-order chi connectivity index (χ0) is 28.3. The molecule has 1 N–H and O–H groups in total. The molecule has 0 aliphatic carbocycles. The first-order chi connectivity index (χ1) is 19.3. The molecule has 0 spiro atoms. The molecule has 0 saturated carbocycles. The molecule has 6 heteroatoms. The van der Waals surface area contributed by atoms with E-state index in [0.717, 1.165) is 34.0 Å². The minimum absolute atomic E-state index is 0.351. The van der Waals surface area contributed by atoms with Crippen LogP contribution in [0.4, 0.5) is 8.78 Å². The van der Waals surface area contributed by atoms with Crippen LogP contribution >= 0.6 is 0 Å². The minimum Gasteiger partial charge on any atom is -0.481 e. The number of halogens is 2. The van der Waals surface area contributed by atoms with Crippen LogP contribution in [0.5, 0.6) is 5.88 Å². The van der Waals surface area contributed by atoms with Gasteiger partial charge in [0, 0.05) is 29.8 Å². The second kappa shape index (κ2) is 11.5. The normalized spacial score (nSPS) is 13.8. The first kappa shape index (κ1) is 27.4. The molecule has 2 unspecified atom stereocenters. The van der Waals surface area contributed by atoms with E-state index >= 15 is 0 Å². The molecule has 0 amide bonds. The van der Waals surface area contributed by atoms with Gasteiger partial charge in [-0.2, -0.15) is 0 Å². The second-order valence-electron chi connectivity index (χ2n) is 10.3. The maximum Gasteiger partial charge on any atom is 0.217 e. The number of pyridine rings is 1. The lowest BCUT2D eigenvalue weighted by Gasteiger charge is -2.39. The lowest BCUT2D eigenvalue weighted by atomic mass is 9.70. The summed E-state index contributed by atoms with van der Waals surface area (Å²) in [6.45, 7) is 0.613. The van der Waals surface area contributed by atoms with Crippen molar-refractivity contribution in [2.45, 2.75) is 17.9 Å². The van der Waals surface area contributed by atoms with Crippen LogP contribution in [0.3, 0.4) is 0 Å². The largest absolute Gasteiger partial charge is 0.481 e. The van der Waals surface area contributed by atoms with E-state index in [2.05, 4.69) is 4.98 Å². The Balaban J connectivity index is 1.80. The summed E-state index contributed by atoms with van der Waals surface area (Å²) in [4.78, 5) is 6.62. The van der Waals surface area contributed by atoms with Crippen LogP contribution in [0.25, 0.3) is 21.9 Å². The fraction of sp³-hybridized carbons (Fsp3) is 0.206. The molecule has 1 heterocycles. The van der Waals surface area contributed by atoms with Crippen molar-refractivity contribution in [3.05, 3.63) is 132 Å². The average molecular weight is 539 g/mol. The van der Waals surface area contributed by atoms with E-state index in [1.165, 1.54) is 6.07 Å². The summed E-state index contributed by atoms with van der Waals surface area (Å²) >= 11 is 0. The molecule has 0 fully saturated rings. The molecular formula is C34H32F2N2O2. The number of hydrogen-bond acceptors (Lipinski definition) is 4. The Hall–Kier alpha value is -4.13. The van der Waals surface area contributed by atoms with Gasteiger partial charge in [-0.25, -0.2) is 13.8 Å². The van der Waals surface area contributed by atoms with Crippen LogP contribution in [0.2, 0.25) is 0 Å². The van der Waals surface area contributed by atoms with Crippen molar-refractivity contribution in [1.82, 2.24) is 9.88 Å². The van der Waals surface area contributed by atoms with Crippen LogP contribution in [-0.4, -0.2) is 42.7 Å². The van der Waals surface area contributed by atoms with Gasteiger partial charge in [-0.05, 0) is 66.2 Å². The highest BCUT2D eigenvalue weighted by Crippen LogP contribution is 2.49. The number of ether oxygens (including phenoxy) is 1.